The molecular weight excluding hydrogens is 181 g/mol. The van der Waals surface area contributed by atoms with E-state index in [1.165, 1.54) is 6.92 Å². The number of alkyl halides is 2. The quantitative estimate of drug-likeness (QED) is 0.359. The summed E-state index contributed by atoms with van der Waals surface area (Å²) in [4.78, 5) is 20.6. The predicted molar refractivity (Wildman–Crippen MR) is 39.4 cm³/mol. The van der Waals surface area contributed by atoms with E-state index in [0.29, 0.717) is 0 Å². The summed E-state index contributed by atoms with van der Waals surface area (Å²) < 4.78 is 27.2. The van der Waals surface area contributed by atoms with Crippen molar-refractivity contribution in [3.63, 3.8) is 0 Å². The Kier molecular flexibility index (Phi) is 9.24. The first-order valence-corrected chi connectivity index (χ1v) is 3.04. The molecule has 0 amide bonds. The number of hydrogen-bond donors (Lipinski definition) is 0. The molecule has 3 nitrogen and oxygen atoms in total. The van der Waals surface area contributed by atoms with Crippen molar-refractivity contribution in [1.29, 1.82) is 0 Å². The zero-order valence-corrected chi connectivity index (χ0v) is 5.97. The second-order valence-electron chi connectivity index (χ2n) is 1.75. The van der Waals surface area contributed by atoms with Gasteiger partial charge in [0.2, 0.25) is 5.78 Å². The summed E-state index contributed by atoms with van der Waals surface area (Å²) in [5.41, 5.74) is 0. The van der Waals surface area contributed by atoms with E-state index in [9.17, 15) is 18.4 Å². The van der Waals surface area contributed by atoms with E-state index in [1.54, 1.807) is 0 Å². The molecular formula is C6H9F2NaO3. The van der Waals surface area contributed by atoms with Crippen LogP contribution in [0.5, 0.6) is 0 Å². The number of ether oxygens (including phenoxy) is 1. The van der Waals surface area contributed by atoms with Gasteiger partial charge in [-0.1, -0.05) is 0 Å². The molecule has 6 heteroatoms. The minimum absolute atomic E-state index is 0. The summed E-state index contributed by atoms with van der Waals surface area (Å²) in [7, 11) is 0. The van der Waals surface area contributed by atoms with Crippen LogP contribution >= 0.6 is 0 Å². The van der Waals surface area contributed by atoms with E-state index >= 15 is 0 Å². The average Bonchev–Trinajstić information content (AvgIpc) is 1.87. The summed E-state index contributed by atoms with van der Waals surface area (Å²) in [6, 6.07) is 0. The number of Topliss-reactive ketones (excluding diaryl/α,β-unsaturated/α-hetero) is 1. The van der Waals surface area contributed by atoms with Gasteiger partial charge < -0.3 is 4.74 Å². The van der Waals surface area contributed by atoms with Gasteiger partial charge in [0.1, 0.15) is 6.42 Å². The Balaban J connectivity index is 0. The molecule has 0 N–H and O–H groups in total. The van der Waals surface area contributed by atoms with Crippen LogP contribution in [0.25, 0.3) is 0 Å². The number of hydrogen-bond acceptors (Lipinski definition) is 3. The molecule has 0 saturated carbocycles. The molecule has 0 saturated heterocycles. The van der Waals surface area contributed by atoms with Gasteiger partial charge in [-0.3, -0.25) is 9.59 Å². The molecule has 0 aromatic rings. The van der Waals surface area contributed by atoms with Crippen molar-refractivity contribution in [2.75, 3.05) is 6.61 Å². The minimum atomic E-state index is -3.08. The third-order valence-electron chi connectivity index (χ3n) is 0.867. The third kappa shape index (κ3) is 6.69. The Morgan fingerprint density at radius 3 is 2.25 bits per heavy atom. The molecule has 0 heterocycles. The molecule has 0 aromatic carbocycles. The summed E-state index contributed by atoms with van der Waals surface area (Å²) in [6.07, 6.45) is -3.93. The van der Waals surface area contributed by atoms with Gasteiger partial charge in [0.05, 0.1) is 6.61 Å². The van der Waals surface area contributed by atoms with Gasteiger partial charge in [0, 0.05) is 0 Å². The van der Waals surface area contributed by atoms with Crippen molar-refractivity contribution in [2.45, 2.75) is 19.8 Å². The molecule has 0 radical (unpaired) electrons. The molecule has 0 aliphatic heterocycles. The molecule has 0 fully saturated rings. The van der Waals surface area contributed by atoms with Crippen LogP contribution in [-0.2, 0) is 14.3 Å². The molecule has 0 unspecified atom stereocenters. The van der Waals surface area contributed by atoms with E-state index in [-0.39, 0.29) is 36.2 Å². The van der Waals surface area contributed by atoms with Gasteiger partial charge >= 0.3 is 35.5 Å². The predicted octanol–water partition coefficient (Wildman–Crippen LogP) is 0.125. The number of ketones is 1. The molecule has 0 aromatic heterocycles. The molecule has 0 aliphatic rings. The van der Waals surface area contributed by atoms with Crippen molar-refractivity contribution in [1.82, 2.24) is 0 Å². The summed E-state index contributed by atoms with van der Waals surface area (Å²) in [5.74, 6) is -2.30. The maximum atomic E-state index is 11.5. The van der Waals surface area contributed by atoms with Crippen LogP contribution in [0, 0.1) is 0 Å². The second kappa shape index (κ2) is 7.64. The zero-order valence-electron chi connectivity index (χ0n) is 5.97. The second-order valence-corrected chi connectivity index (χ2v) is 1.75. The van der Waals surface area contributed by atoms with Crippen LogP contribution in [0.15, 0.2) is 0 Å². The number of halogens is 2. The molecule has 0 aliphatic carbocycles. The monoisotopic (exact) mass is 190 g/mol. The maximum absolute atomic E-state index is 11.5. The van der Waals surface area contributed by atoms with Crippen molar-refractivity contribution in [2.24, 2.45) is 0 Å². The standard InChI is InChI=1S/C6H8F2O3.Na.H/c1-2-11-5(10)3-4(9)6(7)8;;/h6H,2-3H2,1H3;;. The first kappa shape index (κ1) is 14.5. The Morgan fingerprint density at radius 2 is 1.92 bits per heavy atom. The van der Waals surface area contributed by atoms with Crippen LogP contribution in [-0.4, -0.2) is 54.3 Å². The summed E-state index contributed by atoms with van der Waals surface area (Å²) in [5, 5.41) is 0. The van der Waals surface area contributed by atoms with Crippen LogP contribution in [0.2, 0.25) is 0 Å². The molecule has 0 bridgehead atoms. The van der Waals surface area contributed by atoms with Crippen LogP contribution in [0.4, 0.5) is 8.78 Å². The summed E-state index contributed by atoms with van der Waals surface area (Å²) in [6.45, 7) is 1.63. The van der Waals surface area contributed by atoms with Crippen LogP contribution in [0.3, 0.4) is 0 Å². The van der Waals surface area contributed by atoms with Crippen molar-refractivity contribution < 1.29 is 23.1 Å². The van der Waals surface area contributed by atoms with Crippen molar-refractivity contribution in [3.8, 4) is 0 Å². The summed E-state index contributed by atoms with van der Waals surface area (Å²) >= 11 is 0. The normalized spacial score (nSPS) is 9.00. The average molecular weight is 190 g/mol. The van der Waals surface area contributed by atoms with E-state index in [1.807, 2.05) is 0 Å². The van der Waals surface area contributed by atoms with Gasteiger partial charge in [0.25, 0.3) is 6.43 Å². The first-order chi connectivity index (χ1) is 5.07. The fourth-order valence-electron chi connectivity index (χ4n) is 0.431. The molecule has 66 valence electrons. The fourth-order valence-corrected chi connectivity index (χ4v) is 0.431. The Labute approximate surface area is 90.7 Å². The van der Waals surface area contributed by atoms with E-state index in [0.717, 1.165) is 0 Å². The van der Waals surface area contributed by atoms with Gasteiger partial charge in [0.15, 0.2) is 0 Å². The molecule has 12 heavy (non-hydrogen) atoms. The number of carbonyl (C=O) groups is 2. The third-order valence-corrected chi connectivity index (χ3v) is 0.867. The number of carbonyl (C=O) groups excluding carboxylic acids is 2. The Bertz CT molecular complexity index is 161. The van der Waals surface area contributed by atoms with Crippen LogP contribution < -0.4 is 0 Å². The van der Waals surface area contributed by atoms with Crippen LogP contribution in [0.1, 0.15) is 13.3 Å². The fraction of sp³-hybridized carbons (Fsp3) is 0.667. The van der Waals surface area contributed by atoms with Gasteiger partial charge in [-0.05, 0) is 6.92 Å². The van der Waals surface area contributed by atoms with Gasteiger partial charge in [-0.2, -0.15) is 0 Å². The molecule has 0 rings (SSSR count). The number of esters is 1. The topological polar surface area (TPSA) is 43.4 Å². The Hall–Kier alpha value is -0.000000000000000222. The van der Waals surface area contributed by atoms with Gasteiger partial charge in [-0.25, -0.2) is 8.78 Å². The van der Waals surface area contributed by atoms with E-state index in [2.05, 4.69) is 4.74 Å². The number of rotatable bonds is 4. The molecule has 0 spiro atoms. The Morgan fingerprint density at radius 1 is 1.42 bits per heavy atom. The molecule has 0 atom stereocenters. The van der Waals surface area contributed by atoms with Crippen molar-refractivity contribution in [3.05, 3.63) is 0 Å². The van der Waals surface area contributed by atoms with E-state index < -0.39 is 24.6 Å². The van der Waals surface area contributed by atoms with Gasteiger partial charge in [-0.15, -0.1) is 0 Å². The van der Waals surface area contributed by atoms with E-state index in [4.69, 9.17) is 0 Å². The first-order valence-electron chi connectivity index (χ1n) is 3.04. The SMILES string of the molecule is CCOC(=O)CC(=O)C(F)F.[NaH]. The zero-order chi connectivity index (χ0) is 8.85. The van der Waals surface area contributed by atoms with Crippen molar-refractivity contribution >= 4 is 41.3 Å².